The molecule has 0 saturated carbocycles. The first-order chi connectivity index (χ1) is 11.0. The Kier molecular flexibility index (Phi) is 5.90. The lowest BCUT2D eigenvalue weighted by Gasteiger charge is -2.08. The smallest absolute Gasteiger partial charge is 0.220 e. The standard InChI is InChI=1S/C18H26N4O/c1-13(2)12-22-15(4)17(14(3)21-22)7-8-18(23)20-11-16-6-5-9-19-10-16/h5-6,9-10,13H,7-8,11-12H2,1-4H3,(H,20,23). The molecule has 5 nitrogen and oxygen atoms in total. The molecular weight excluding hydrogens is 288 g/mol. The molecule has 0 atom stereocenters. The molecule has 0 aliphatic carbocycles. The highest BCUT2D eigenvalue weighted by Crippen LogP contribution is 2.16. The second-order valence-electron chi connectivity index (χ2n) is 6.36. The molecule has 5 heteroatoms. The number of hydrogen-bond donors (Lipinski definition) is 1. The van der Waals surface area contributed by atoms with Crippen molar-refractivity contribution in [2.45, 2.75) is 53.6 Å². The van der Waals surface area contributed by atoms with Crippen LogP contribution in [-0.2, 0) is 24.3 Å². The fourth-order valence-electron chi connectivity index (χ4n) is 2.65. The Morgan fingerprint density at radius 1 is 1.35 bits per heavy atom. The van der Waals surface area contributed by atoms with Gasteiger partial charge in [-0.05, 0) is 43.4 Å². The van der Waals surface area contributed by atoms with Gasteiger partial charge >= 0.3 is 0 Å². The van der Waals surface area contributed by atoms with E-state index in [-0.39, 0.29) is 5.91 Å². The molecule has 1 amide bonds. The second-order valence-corrected chi connectivity index (χ2v) is 6.36. The number of nitrogens with zero attached hydrogens (tertiary/aromatic N) is 3. The van der Waals surface area contributed by atoms with Crippen LogP contribution in [0.4, 0.5) is 0 Å². The van der Waals surface area contributed by atoms with Gasteiger partial charge in [0.05, 0.1) is 5.69 Å². The summed E-state index contributed by atoms with van der Waals surface area (Å²) in [7, 11) is 0. The van der Waals surface area contributed by atoms with Gasteiger partial charge in [-0.25, -0.2) is 0 Å². The predicted molar refractivity (Wildman–Crippen MR) is 90.9 cm³/mol. The van der Waals surface area contributed by atoms with Gasteiger partial charge in [0.1, 0.15) is 0 Å². The average molecular weight is 314 g/mol. The van der Waals surface area contributed by atoms with E-state index in [2.05, 4.69) is 40.9 Å². The number of nitrogens with one attached hydrogen (secondary N) is 1. The van der Waals surface area contributed by atoms with Crippen LogP contribution >= 0.6 is 0 Å². The summed E-state index contributed by atoms with van der Waals surface area (Å²) in [5.74, 6) is 0.618. The fraction of sp³-hybridized carbons (Fsp3) is 0.500. The summed E-state index contributed by atoms with van der Waals surface area (Å²) in [4.78, 5) is 16.1. The quantitative estimate of drug-likeness (QED) is 0.855. The molecule has 0 fully saturated rings. The molecule has 0 aliphatic heterocycles. The van der Waals surface area contributed by atoms with Crippen molar-refractivity contribution in [1.29, 1.82) is 0 Å². The number of hydrogen-bond acceptors (Lipinski definition) is 3. The lowest BCUT2D eigenvalue weighted by Crippen LogP contribution is -2.23. The van der Waals surface area contributed by atoms with Gasteiger partial charge in [-0.1, -0.05) is 19.9 Å². The van der Waals surface area contributed by atoms with Gasteiger partial charge in [-0.3, -0.25) is 14.5 Å². The van der Waals surface area contributed by atoms with Crippen molar-refractivity contribution < 1.29 is 4.79 Å². The maximum absolute atomic E-state index is 12.0. The molecular formula is C18H26N4O. The minimum atomic E-state index is 0.0595. The molecule has 2 aromatic heterocycles. The van der Waals surface area contributed by atoms with Crippen LogP contribution in [0.1, 0.15) is 42.8 Å². The van der Waals surface area contributed by atoms with Crippen molar-refractivity contribution in [3.8, 4) is 0 Å². The number of aromatic nitrogens is 3. The fourth-order valence-corrected chi connectivity index (χ4v) is 2.65. The monoisotopic (exact) mass is 314 g/mol. The lowest BCUT2D eigenvalue weighted by molar-refractivity contribution is -0.121. The summed E-state index contributed by atoms with van der Waals surface area (Å²) in [6, 6.07) is 3.83. The van der Waals surface area contributed by atoms with Crippen molar-refractivity contribution >= 4 is 5.91 Å². The van der Waals surface area contributed by atoms with Crippen LogP contribution in [-0.4, -0.2) is 20.7 Å². The highest BCUT2D eigenvalue weighted by atomic mass is 16.1. The van der Waals surface area contributed by atoms with E-state index < -0.39 is 0 Å². The largest absolute Gasteiger partial charge is 0.352 e. The molecule has 0 bridgehead atoms. The molecule has 0 saturated heterocycles. The summed E-state index contributed by atoms with van der Waals surface area (Å²) in [5.41, 5.74) is 4.42. The molecule has 0 radical (unpaired) electrons. The number of amides is 1. The van der Waals surface area contributed by atoms with Gasteiger partial charge < -0.3 is 5.32 Å². The molecule has 0 aromatic carbocycles. The highest BCUT2D eigenvalue weighted by molar-refractivity contribution is 5.76. The van der Waals surface area contributed by atoms with Gasteiger partial charge in [-0.2, -0.15) is 5.10 Å². The molecule has 1 N–H and O–H groups in total. The van der Waals surface area contributed by atoms with E-state index >= 15 is 0 Å². The molecule has 124 valence electrons. The first-order valence-corrected chi connectivity index (χ1v) is 8.16. The van der Waals surface area contributed by atoms with Crippen LogP contribution in [0.2, 0.25) is 0 Å². The van der Waals surface area contributed by atoms with Crippen molar-refractivity contribution in [1.82, 2.24) is 20.1 Å². The maximum atomic E-state index is 12.0. The van der Waals surface area contributed by atoms with E-state index in [4.69, 9.17) is 0 Å². The van der Waals surface area contributed by atoms with Gasteiger partial charge in [0.25, 0.3) is 0 Å². The molecule has 0 spiro atoms. The second kappa shape index (κ2) is 7.90. The number of rotatable bonds is 7. The summed E-state index contributed by atoms with van der Waals surface area (Å²) in [6.45, 7) is 9.92. The minimum Gasteiger partial charge on any atom is -0.352 e. The number of pyridine rings is 1. The third kappa shape index (κ3) is 4.91. The van der Waals surface area contributed by atoms with Crippen molar-refractivity contribution in [2.24, 2.45) is 5.92 Å². The van der Waals surface area contributed by atoms with Gasteiger partial charge in [-0.15, -0.1) is 0 Å². The van der Waals surface area contributed by atoms with Crippen LogP contribution in [0.5, 0.6) is 0 Å². The molecule has 0 unspecified atom stereocenters. The number of carbonyl (C=O) groups is 1. The minimum absolute atomic E-state index is 0.0595. The number of aryl methyl sites for hydroxylation is 1. The van der Waals surface area contributed by atoms with Crippen LogP contribution in [0.3, 0.4) is 0 Å². The van der Waals surface area contributed by atoms with E-state index in [1.807, 2.05) is 19.1 Å². The highest BCUT2D eigenvalue weighted by Gasteiger charge is 2.13. The molecule has 2 heterocycles. The van der Waals surface area contributed by atoms with Gasteiger partial charge in [0, 0.05) is 37.6 Å². The van der Waals surface area contributed by atoms with Crippen molar-refractivity contribution in [3.05, 3.63) is 47.0 Å². The zero-order valence-corrected chi connectivity index (χ0v) is 14.5. The molecule has 23 heavy (non-hydrogen) atoms. The van der Waals surface area contributed by atoms with E-state index in [9.17, 15) is 4.79 Å². The third-order valence-electron chi connectivity index (χ3n) is 3.88. The Morgan fingerprint density at radius 2 is 2.13 bits per heavy atom. The average Bonchev–Trinajstić information content (AvgIpc) is 2.77. The maximum Gasteiger partial charge on any atom is 0.220 e. The summed E-state index contributed by atoms with van der Waals surface area (Å²) < 4.78 is 2.06. The summed E-state index contributed by atoms with van der Waals surface area (Å²) in [6.07, 6.45) is 4.71. The van der Waals surface area contributed by atoms with E-state index in [0.29, 0.717) is 18.9 Å². The van der Waals surface area contributed by atoms with Crippen molar-refractivity contribution in [3.63, 3.8) is 0 Å². The first-order valence-electron chi connectivity index (χ1n) is 8.16. The number of carbonyl (C=O) groups excluding carboxylic acids is 1. The Bertz CT molecular complexity index is 647. The topological polar surface area (TPSA) is 59.8 Å². The third-order valence-corrected chi connectivity index (χ3v) is 3.88. The van der Waals surface area contributed by atoms with E-state index in [1.54, 1.807) is 12.4 Å². The summed E-state index contributed by atoms with van der Waals surface area (Å²) in [5, 5.41) is 7.54. The lowest BCUT2D eigenvalue weighted by atomic mass is 10.1. The van der Waals surface area contributed by atoms with Gasteiger partial charge in [0.2, 0.25) is 5.91 Å². The van der Waals surface area contributed by atoms with Crippen molar-refractivity contribution in [2.75, 3.05) is 0 Å². The zero-order chi connectivity index (χ0) is 16.8. The van der Waals surface area contributed by atoms with Crippen LogP contribution in [0, 0.1) is 19.8 Å². The van der Waals surface area contributed by atoms with Crippen LogP contribution in [0.15, 0.2) is 24.5 Å². The Labute approximate surface area is 138 Å². The van der Waals surface area contributed by atoms with Crippen LogP contribution in [0.25, 0.3) is 0 Å². The Morgan fingerprint density at radius 3 is 2.78 bits per heavy atom. The van der Waals surface area contributed by atoms with E-state index in [1.165, 1.54) is 11.3 Å². The normalized spacial score (nSPS) is 11.0. The molecule has 0 aliphatic rings. The Hall–Kier alpha value is -2.17. The zero-order valence-electron chi connectivity index (χ0n) is 14.5. The molecule has 2 rings (SSSR count). The first kappa shape index (κ1) is 17.2. The van der Waals surface area contributed by atoms with E-state index in [0.717, 1.165) is 24.2 Å². The Balaban J connectivity index is 1.88. The van der Waals surface area contributed by atoms with Crippen LogP contribution < -0.4 is 5.32 Å². The van der Waals surface area contributed by atoms with Gasteiger partial charge in [0.15, 0.2) is 0 Å². The SMILES string of the molecule is Cc1nn(CC(C)C)c(C)c1CCC(=O)NCc1cccnc1. The summed E-state index contributed by atoms with van der Waals surface area (Å²) >= 11 is 0. The predicted octanol–water partition coefficient (Wildman–Crippen LogP) is 2.80. The molecule has 2 aromatic rings.